The Bertz CT molecular complexity index is 1400. The lowest BCUT2D eigenvalue weighted by Crippen LogP contribution is -2.36. The van der Waals surface area contributed by atoms with Gasteiger partial charge in [0.2, 0.25) is 0 Å². The first kappa shape index (κ1) is 21.4. The molecule has 8 nitrogen and oxygen atoms in total. The van der Waals surface area contributed by atoms with Crippen LogP contribution in [0.2, 0.25) is 0 Å². The van der Waals surface area contributed by atoms with Crippen molar-refractivity contribution in [2.45, 2.75) is 0 Å². The zero-order chi connectivity index (χ0) is 23.0. The largest absolute Gasteiger partial charge is 0.378 e. The normalized spacial score (nSPS) is 14.5. The number of hydrogen-bond acceptors (Lipinski definition) is 5. The van der Waals surface area contributed by atoms with Crippen LogP contribution in [0.25, 0.3) is 22.2 Å². The number of nitrogens with one attached hydrogen (secondary N) is 1. The van der Waals surface area contributed by atoms with Crippen LogP contribution >= 0.6 is 0 Å². The number of halogens is 1. The van der Waals surface area contributed by atoms with Crippen molar-refractivity contribution in [3.63, 3.8) is 0 Å². The highest BCUT2D eigenvalue weighted by molar-refractivity contribution is 7.87. The monoisotopic (exact) mass is 468 g/mol. The quantitative estimate of drug-likeness (QED) is 0.427. The van der Waals surface area contributed by atoms with Crippen molar-refractivity contribution in [3.8, 4) is 11.3 Å². The highest BCUT2D eigenvalue weighted by Crippen LogP contribution is 2.38. The number of ether oxygens (including phenoxy) is 1. The van der Waals surface area contributed by atoms with Gasteiger partial charge >= 0.3 is 10.3 Å². The van der Waals surface area contributed by atoms with Crippen molar-refractivity contribution in [2.75, 3.05) is 35.5 Å². The van der Waals surface area contributed by atoms with Crippen LogP contribution in [-0.4, -0.2) is 49.2 Å². The maximum atomic E-state index is 13.4. The molecule has 2 aromatic carbocycles. The molecule has 1 saturated heterocycles. The second kappa shape index (κ2) is 8.47. The molecule has 1 aliphatic heterocycles. The van der Waals surface area contributed by atoms with Crippen LogP contribution < -0.4 is 9.21 Å². The van der Waals surface area contributed by atoms with E-state index in [1.54, 1.807) is 18.5 Å². The molecule has 0 saturated carbocycles. The second-order valence-corrected chi connectivity index (χ2v) is 8.88. The first-order chi connectivity index (χ1) is 15.9. The number of nitrogens with zero attached hydrogens (tertiary/aromatic N) is 3. The van der Waals surface area contributed by atoms with Gasteiger partial charge in [0.1, 0.15) is 5.82 Å². The van der Waals surface area contributed by atoms with Gasteiger partial charge in [-0.25, -0.2) is 8.70 Å². The number of H-pyrrole nitrogens is 1. The summed E-state index contributed by atoms with van der Waals surface area (Å²) < 4.78 is 54.3. The number of fused-ring (bicyclic) bond motifs is 1. The first-order valence-electron chi connectivity index (χ1n) is 10.3. The fraction of sp³-hybridized carbons (Fsp3) is 0.174. The minimum absolute atomic E-state index is 0.108. The van der Waals surface area contributed by atoms with Gasteiger partial charge < -0.3 is 14.6 Å². The van der Waals surface area contributed by atoms with E-state index in [4.69, 9.17) is 4.74 Å². The fourth-order valence-corrected chi connectivity index (χ4v) is 4.89. The van der Waals surface area contributed by atoms with E-state index in [9.17, 15) is 17.4 Å². The van der Waals surface area contributed by atoms with Gasteiger partial charge in [0.25, 0.3) is 0 Å². The first-order valence-corrected chi connectivity index (χ1v) is 11.7. The zero-order valence-electron chi connectivity index (χ0n) is 17.5. The van der Waals surface area contributed by atoms with Crippen LogP contribution in [0.4, 0.5) is 21.5 Å². The molecular weight excluding hydrogens is 447 g/mol. The number of hydrogen-bond donors (Lipinski definition) is 2. The Hall–Kier alpha value is -3.47. The maximum Gasteiger partial charge on any atom is 0.364 e. The molecule has 33 heavy (non-hydrogen) atoms. The minimum atomic E-state index is -4.70. The molecule has 10 heteroatoms. The van der Waals surface area contributed by atoms with Crippen LogP contribution in [0.1, 0.15) is 0 Å². The number of rotatable bonds is 5. The van der Waals surface area contributed by atoms with Gasteiger partial charge in [-0.1, -0.05) is 6.07 Å². The summed E-state index contributed by atoms with van der Waals surface area (Å²) in [4.78, 5) is 9.77. The fourth-order valence-electron chi connectivity index (χ4n) is 4.10. The Labute approximate surface area is 190 Å². The zero-order valence-corrected chi connectivity index (χ0v) is 18.3. The third-order valence-corrected chi connectivity index (χ3v) is 6.46. The van der Waals surface area contributed by atoms with Gasteiger partial charge in [0.05, 0.1) is 35.8 Å². The summed E-state index contributed by atoms with van der Waals surface area (Å²) in [5.41, 5.74) is 3.33. The standard InChI is InChI=1S/C23H21FN4O4S/c24-17-2-4-18(5-3-17)28(33(29,30)31)22-8-10-26-23(22)16-1-6-20-19(15-16)21(7-9-25-20)27-11-13-32-14-12-27/h1-10,15,26H,11-14H2,(H,29,30,31). The van der Waals surface area contributed by atoms with E-state index in [-0.39, 0.29) is 11.4 Å². The van der Waals surface area contributed by atoms with Gasteiger partial charge in [-0.05, 0) is 48.5 Å². The van der Waals surface area contributed by atoms with Crippen molar-refractivity contribution in [1.29, 1.82) is 0 Å². The molecule has 2 aromatic heterocycles. The summed E-state index contributed by atoms with van der Waals surface area (Å²) in [6.07, 6.45) is 3.35. The Morgan fingerprint density at radius 2 is 1.82 bits per heavy atom. The summed E-state index contributed by atoms with van der Waals surface area (Å²) in [6.45, 7) is 2.81. The Morgan fingerprint density at radius 1 is 1.06 bits per heavy atom. The number of anilines is 3. The molecule has 3 heterocycles. The molecule has 0 amide bonds. The van der Waals surface area contributed by atoms with Crippen LogP contribution in [0, 0.1) is 5.82 Å². The Balaban J connectivity index is 1.63. The van der Waals surface area contributed by atoms with E-state index in [0.29, 0.717) is 24.5 Å². The smallest absolute Gasteiger partial charge is 0.364 e. The van der Waals surface area contributed by atoms with Crippen molar-refractivity contribution >= 4 is 38.3 Å². The molecule has 1 aliphatic rings. The van der Waals surface area contributed by atoms with Crippen LogP contribution in [0.5, 0.6) is 0 Å². The molecule has 1 fully saturated rings. The molecule has 0 unspecified atom stereocenters. The van der Waals surface area contributed by atoms with E-state index < -0.39 is 16.1 Å². The third kappa shape index (κ3) is 4.15. The van der Waals surface area contributed by atoms with E-state index in [2.05, 4.69) is 14.9 Å². The molecule has 0 radical (unpaired) electrons. The minimum Gasteiger partial charge on any atom is -0.378 e. The second-order valence-electron chi connectivity index (χ2n) is 7.62. The van der Waals surface area contributed by atoms with Crippen LogP contribution in [0.15, 0.2) is 67.0 Å². The molecular formula is C23H21FN4O4S. The summed E-state index contributed by atoms with van der Waals surface area (Å²) in [5, 5.41) is 0.914. The van der Waals surface area contributed by atoms with Gasteiger partial charge in [0, 0.05) is 42.1 Å². The number of pyridine rings is 1. The predicted molar refractivity (Wildman–Crippen MR) is 125 cm³/mol. The average Bonchev–Trinajstić information content (AvgIpc) is 3.28. The van der Waals surface area contributed by atoms with E-state index >= 15 is 0 Å². The highest BCUT2D eigenvalue weighted by Gasteiger charge is 2.26. The number of morpholine rings is 1. The van der Waals surface area contributed by atoms with E-state index in [1.807, 2.05) is 24.3 Å². The topological polar surface area (TPSA) is 98.8 Å². The summed E-state index contributed by atoms with van der Waals surface area (Å²) in [6, 6.07) is 14.0. The molecule has 0 aliphatic carbocycles. The van der Waals surface area contributed by atoms with Crippen molar-refractivity contribution in [2.24, 2.45) is 0 Å². The van der Waals surface area contributed by atoms with Crippen molar-refractivity contribution in [3.05, 3.63) is 72.8 Å². The van der Waals surface area contributed by atoms with Gasteiger partial charge in [-0.2, -0.15) is 8.42 Å². The summed E-state index contributed by atoms with van der Waals surface area (Å²) >= 11 is 0. The van der Waals surface area contributed by atoms with Gasteiger partial charge in [-0.15, -0.1) is 0 Å². The Kier molecular flexibility index (Phi) is 5.49. The molecule has 0 spiro atoms. The molecule has 170 valence electrons. The molecule has 2 N–H and O–H groups in total. The molecule has 0 atom stereocenters. The van der Waals surface area contributed by atoms with Crippen LogP contribution in [-0.2, 0) is 15.0 Å². The lowest BCUT2D eigenvalue weighted by molar-refractivity contribution is 0.123. The van der Waals surface area contributed by atoms with Gasteiger partial charge in [0.15, 0.2) is 0 Å². The molecule has 4 aromatic rings. The lowest BCUT2D eigenvalue weighted by atomic mass is 10.1. The van der Waals surface area contributed by atoms with Crippen molar-refractivity contribution < 1.29 is 22.1 Å². The van der Waals surface area contributed by atoms with Crippen LogP contribution in [0.3, 0.4) is 0 Å². The third-order valence-electron chi connectivity index (χ3n) is 5.59. The highest BCUT2D eigenvalue weighted by atomic mass is 32.2. The van der Waals surface area contributed by atoms with Crippen molar-refractivity contribution in [1.82, 2.24) is 9.97 Å². The Morgan fingerprint density at radius 3 is 2.55 bits per heavy atom. The molecule has 5 rings (SSSR count). The lowest BCUT2D eigenvalue weighted by Gasteiger charge is -2.29. The summed E-state index contributed by atoms with van der Waals surface area (Å²) in [5.74, 6) is -0.513. The number of aromatic nitrogens is 2. The average molecular weight is 469 g/mol. The maximum absolute atomic E-state index is 13.4. The number of benzene rings is 2. The SMILES string of the molecule is O=S(=O)(O)N(c1ccc(F)cc1)c1cc[nH]c1-c1ccc2nccc(N3CCOCC3)c2c1. The van der Waals surface area contributed by atoms with Gasteiger partial charge in [-0.3, -0.25) is 9.54 Å². The van der Waals surface area contributed by atoms with E-state index in [1.165, 1.54) is 12.1 Å². The van der Waals surface area contributed by atoms with E-state index in [0.717, 1.165) is 46.1 Å². The molecule has 0 bridgehead atoms. The summed E-state index contributed by atoms with van der Waals surface area (Å²) in [7, 11) is -4.70. The number of aromatic amines is 1. The predicted octanol–water partition coefficient (Wildman–Crippen LogP) is 4.15.